The Morgan fingerprint density at radius 1 is 0.968 bits per heavy atom. The minimum Gasteiger partial charge on any atom is -0.313 e. The topological polar surface area (TPSA) is 4.93 Å². The Kier molecular flexibility index (Phi) is 6.58. The van der Waals surface area contributed by atoms with E-state index in [9.17, 15) is 0 Å². The zero-order valence-electron chi connectivity index (χ0n) is 18.2. The Morgan fingerprint density at radius 2 is 1.68 bits per heavy atom. The highest BCUT2D eigenvalue weighted by Crippen LogP contribution is 2.37. The second-order valence-electron chi connectivity index (χ2n) is 8.11. The van der Waals surface area contributed by atoms with Gasteiger partial charge in [-0.2, -0.15) is 0 Å². The highest BCUT2D eigenvalue weighted by Gasteiger charge is 2.16. The van der Waals surface area contributed by atoms with E-state index in [1.165, 1.54) is 38.6 Å². The summed E-state index contributed by atoms with van der Waals surface area (Å²) in [6, 6.07) is 24.0. The van der Waals surface area contributed by atoms with Gasteiger partial charge in [0.25, 0.3) is 0 Å². The van der Waals surface area contributed by atoms with Crippen LogP contribution in [0.2, 0.25) is 0 Å². The van der Waals surface area contributed by atoms with E-state index in [1.54, 1.807) is 0 Å². The fraction of sp³-hybridized carbons (Fsp3) is 0.172. The zero-order valence-corrected chi connectivity index (χ0v) is 19.8. The highest BCUT2D eigenvalue weighted by molar-refractivity contribution is 9.10. The van der Waals surface area contributed by atoms with Crippen LogP contribution in [0, 0.1) is 5.92 Å². The number of hydrogen-bond donors (Lipinski definition) is 0. The van der Waals surface area contributed by atoms with E-state index in [0.717, 1.165) is 17.3 Å². The summed E-state index contributed by atoms with van der Waals surface area (Å²) < 4.78 is 3.54. The quantitative estimate of drug-likeness (QED) is 0.187. The molecule has 0 fully saturated rings. The van der Waals surface area contributed by atoms with Crippen LogP contribution in [0.3, 0.4) is 0 Å². The van der Waals surface area contributed by atoms with Gasteiger partial charge < -0.3 is 4.57 Å². The summed E-state index contributed by atoms with van der Waals surface area (Å²) in [5.41, 5.74) is 6.28. The van der Waals surface area contributed by atoms with E-state index < -0.39 is 0 Å². The molecule has 0 aliphatic heterocycles. The number of halogens is 1. The Hall–Kier alpha value is -2.84. The fourth-order valence-corrected chi connectivity index (χ4v) is 4.64. The molecule has 0 saturated carbocycles. The molecule has 1 aromatic heterocycles. The SMILES string of the molecule is C=CCC(C)C/C(=C\C=C/C)n1c2ccc(Br)cc2c2cc(-c3ccccc3)ccc21. The van der Waals surface area contributed by atoms with Crippen LogP contribution in [0.5, 0.6) is 0 Å². The van der Waals surface area contributed by atoms with Crippen LogP contribution in [-0.2, 0) is 0 Å². The van der Waals surface area contributed by atoms with Crippen molar-refractivity contribution in [3.63, 3.8) is 0 Å². The van der Waals surface area contributed by atoms with Gasteiger partial charge in [-0.25, -0.2) is 0 Å². The molecule has 4 rings (SSSR count). The maximum atomic E-state index is 3.94. The fourth-order valence-electron chi connectivity index (χ4n) is 4.28. The molecule has 1 nitrogen and oxygen atoms in total. The number of allylic oxidation sites excluding steroid dienone is 5. The van der Waals surface area contributed by atoms with Crippen LogP contribution in [0.15, 0.2) is 102 Å². The third-order valence-electron chi connectivity index (χ3n) is 5.73. The Bertz CT molecular complexity index is 1270. The molecule has 0 amide bonds. The summed E-state index contributed by atoms with van der Waals surface area (Å²) in [4.78, 5) is 0. The van der Waals surface area contributed by atoms with Crippen LogP contribution in [0.1, 0.15) is 26.7 Å². The number of hydrogen-bond acceptors (Lipinski definition) is 0. The number of fused-ring (bicyclic) bond motifs is 3. The Balaban J connectivity index is 1.98. The van der Waals surface area contributed by atoms with Gasteiger partial charge in [-0.1, -0.05) is 77.5 Å². The summed E-state index contributed by atoms with van der Waals surface area (Å²) in [6.45, 7) is 8.30. The van der Waals surface area contributed by atoms with Gasteiger partial charge in [-0.15, -0.1) is 6.58 Å². The molecule has 2 heteroatoms. The lowest BCUT2D eigenvalue weighted by molar-refractivity contribution is 0.603. The van der Waals surface area contributed by atoms with E-state index in [-0.39, 0.29) is 0 Å². The van der Waals surface area contributed by atoms with E-state index in [2.05, 4.69) is 126 Å². The van der Waals surface area contributed by atoms with E-state index >= 15 is 0 Å². The first-order valence-corrected chi connectivity index (χ1v) is 11.6. The monoisotopic (exact) mass is 469 g/mol. The maximum absolute atomic E-state index is 3.94. The molecule has 3 aromatic carbocycles. The molecule has 0 spiro atoms. The van der Waals surface area contributed by atoms with Gasteiger partial charge in [0.1, 0.15) is 0 Å². The molecule has 0 radical (unpaired) electrons. The highest BCUT2D eigenvalue weighted by atomic mass is 79.9. The number of aromatic nitrogens is 1. The lowest BCUT2D eigenvalue weighted by atomic mass is 10.0. The van der Waals surface area contributed by atoms with Crippen molar-refractivity contribution < 1.29 is 0 Å². The van der Waals surface area contributed by atoms with Gasteiger partial charge in [0.05, 0.1) is 11.0 Å². The van der Waals surface area contributed by atoms with Gasteiger partial charge in [0.2, 0.25) is 0 Å². The molecule has 0 N–H and O–H groups in total. The minimum absolute atomic E-state index is 0.528. The van der Waals surface area contributed by atoms with E-state index in [0.29, 0.717) is 5.92 Å². The normalized spacial score (nSPS) is 13.3. The molecule has 4 aromatic rings. The summed E-state index contributed by atoms with van der Waals surface area (Å²) in [7, 11) is 0. The molecular weight excluding hydrogens is 442 g/mol. The third-order valence-corrected chi connectivity index (χ3v) is 6.22. The van der Waals surface area contributed by atoms with Crippen molar-refractivity contribution in [2.75, 3.05) is 0 Å². The van der Waals surface area contributed by atoms with Crippen LogP contribution in [0.25, 0.3) is 38.6 Å². The van der Waals surface area contributed by atoms with Gasteiger partial charge in [-0.05, 0) is 73.2 Å². The number of benzene rings is 3. The molecule has 1 unspecified atom stereocenters. The molecule has 156 valence electrons. The van der Waals surface area contributed by atoms with Crippen molar-refractivity contribution in [3.8, 4) is 11.1 Å². The molecule has 31 heavy (non-hydrogen) atoms. The van der Waals surface area contributed by atoms with Crippen molar-refractivity contribution in [2.45, 2.75) is 26.7 Å². The van der Waals surface area contributed by atoms with Crippen LogP contribution in [-0.4, -0.2) is 4.57 Å². The van der Waals surface area contributed by atoms with Crippen LogP contribution in [0.4, 0.5) is 0 Å². The molecule has 0 aliphatic rings. The first kappa shape index (κ1) is 21.4. The number of rotatable bonds is 7. The molecule has 1 heterocycles. The lowest BCUT2D eigenvalue weighted by Gasteiger charge is -2.16. The van der Waals surface area contributed by atoms with Crippen molar-refractivity contribution in [1.82, 2.24) is 4.57 Å². The molecule has 1 atom stereocenters. The summed E-state index contributed by atoms with van der Waals surface area (Å²) >= 11 is 3.68. The molecule has 0 bridgehead atoms. The van der Waals surface area contributed by atoms with Gasteiger partial charge in [0, 0.05) is 20.9 Å². The second kappa shape index (κ2) is 9.53. The Morgan fingerprint density at radius 3 is 2.39 bits per heavy atom. The average Bonchev–Trinajstić information content (AvgIpc) is 3.10. The Labute approximate surface area is 193 Å². The van der Waals surface area contributed by atoms with Crippen LogP contribution < -0.4 is 0 Å². The third kappa shape index (κ3) is 4.45. The minimum atomic E-state index is 0.528. The van der Waals surface area contributed by atoms with Gasteiger partial charge in [-0.3, -0.25) is 0 Å². The summed E-state index contributed by atoms with van der Waals surface area (Å²) in [5, 5.41) is 2.55. The van der Waals surface area contributed by atoms with Crippen molar-refractivity contribution in [2.24, 2.45) is 5.92 Å². The van der Waals surface area contributed by atoms with E-state index in [1.807, 2.05) is 6.08 Å². The smallest absolute Gasteiger partial charge is 0.0538 e. The van der Waals surface area contributed by atoms with Gasteiger partial charge in [0.15, 0.2) is 0 Å². The summed E-state index contributed by atoms with van der Waals surface area (Å²) in [5.74, 6) is 0.528. The predicted octanol–water partition coefficient (Wildman–Crippen LogP) is 9.24. The van der Waals surface area contributed by atoms with Crippen molar-refractivity contribution >= 4 is 43.4 Å². The van der Waals surface area contributed by atoms with Gasteiger partial charge >= 0.3 is 0 Å². The van der Waals surface area contributed by atoms with Crippen molar-refractivity contribution in [1.29, 1.82) is 0 Å². The molecule has 0 saturated heterocycles. The molecule has 0 aliphatic carbocycles. The second-order valence-corrected chi connectivity index (χ2v) is 9.03. The predicted molar refractivity (Wildman–Crippen MR) is 140 cm³/mol. The largest absolute Gasteiger partial charge is 0.313 e. The standard InChI is InChI=1S/C29H28BrN/c1-4-6-13-25(18-21(3)10-5-2)31-28-16-14-23(22-11-8-7-9-12-22)19-26(28)27-20-24(30)15-17-29(27)31/h4-9,11-17,19-21H,2,10,18H2,1,3H3/b6-4-,25-13+. The lowest BCUT2D eigenvalue weighted by Crippen LogP contribution is -2.02. The van der Waals surface area contributed by atoms with Crippen molar-refractivity contribution in [3.05, 3.63) is 102 Å². The zero-order chi connectivity index (χ0) is 21.8. The average molecular weight is 470 g/mol. The first-order chi connectivity index (χ1) is 15.1. The maximum Gasteiger partial charge on any atom is 0.0538 e. The first-order valence-electron chi connectivity index (χ1n) is 10.8. The van der Waals surface area contributed by atoms with Crippen LogP contribution >= 0.6 is 15.9 Å². The summed E-state index contributed by atoms with van der Waals surface area (Å²) in [6.07, 6.45) is 10.5. The van der Waals surface area contributed by atoms with E-state index in [4.69, 9.17) is 0 Å². The molecular formula is C29H28BrN. The number of nitrogens with zero attached hydrogens (tertiary/aromatic N) is 1.